The molecule has 0 bridgehead atoms. The number of carbonyl (C=O) groups excluding carboxylic acids is 2. The predicted molar refractivity (Wildman–Crippen MR) is 91.8 cm³/mol. The Morgan fingerprint density at radius 3 is 2.52 bits per heavy atom. The molecular weight excluding hydrogens is 350 g/mol. The zero-order chi connectivity index (χ0) is 18.4. The van der Waals surface area contributed by atoms with Gasteiger partial charge in [0.05, 0.1) is 32.3 Å². The molecular formula is C15H21N3O6S. The third-order valence-electron chi connectivity index (χ3n) is 3.64. The maximum absolute atomic E-state index is 11.9. The van der Waals surface area contributed by atoms with Crippen molar-refractivity contribution in [2.24, 2.45) is 0 Å². The van der Waals surface area contributed by atoms with E-state index in [1.807, 2.05) is 0 Å². The van der Waals surface area contributed by atoms with Crippen molar-refractivity contribution >= 4 is 27.5 Å². The first-order valence-corrected chi connectivity index (χ1v) is 9.42. The van der Waals surface area contributed by atoms with Gasteiger partial charge in [-0.15, -0.1) is 0 Å². The number of rotatable bonds is 6. The van der Waals surface area contributed by atoms with E-state index in [0.717, 1.165) is 0 Å². The van der Waals surface area contributed by atoms with Gasteiger partial charge < -0.3 is 25.4 Å². The van der Waals surface area contributed by atoms with Gasteiger partial charge in [0.2, 0.25) is 5.91 Å². The number of amides is 3. The summed E-state index contributed by atoms with van der Waals surface area (Å²) in [6.45, 7) is -0.250. The number of methoxy groups -OCH3 is 2. The van der Waals surface area contributed by atoms with E-state index in [9.17, 15) is 18.0 Å². The molecule has 1 aromatic carbocycles. The molecule has 1 atom stereocenters. The van der Waals surface area contributed by atoms with Crippen LogP contribution in [0.4, 0.5) is 10.5 Å². The monoisotopic (exact) mass is 371 g/mol. The van der Waals surface area contributed by atoms with Gasteiger partial charge in [0, 0.05) is 17.8 Å². The maximum Gasteiger partial charge on any atom is 0.315 e. The highest BCUT2D eigenvalue weighted by atomic mass is 32.2. The fourth-order valence-corrected chi connectivity index (χ4v) is 4.10. The molecule has 1 aliphatic rings. The first kappa shape index (κ1) is 18.8. The van der Waals surface area contributed by atoms with Crippen LogP contribution < -0.4 is 25.4 Å². The largest absolute Gasteiger partial charge is 0.493 e. The molecule has 10 heteroatoms. The summed E-state index contributed by atoms with van der Waals surface area (Å²) in [7, 11) is -0.0765. The Hall–Kier alpha value is -2.49. The van der Waals surface area contributed by atoms with Gasteiger partial charge >= 0.3 is 6.03 Å². The summed E-state index contributed by atoms with van der Waals surface area (Å²) in [5, 5.41) is 7.55. The normalized spacial score (nSPS) is 18.2. The van der Waals surface area contributed by atoms with Crippen molar-refractivity contribution in [1.29, 1.82) is 0 Å². The van der Waals surface area contributed by atoms with E-state index in [-0.39, 0.29) is 18.1 Å². The molecule has 0 spiro atoms. The van der Waals surface area contributed by atoms with Gasteiger partial charge in [0.1, 0.15) is 0 Å². The number of ether oxygens (including phenoxy) is 2. The van der Waals surface area contributed by atoms with Gasteiger partial charge in [-0.25, -0.2) is 13.2 Å². The van der Waals surface area contributed by atoms with Crippen LogP contribution in [-0.2, 0) is 14.6 Å². The molecule has 0 aromatic heterocycles. The molecule has 1 fully saturated rings. The average Bonchev–Trinajstić information content (AvgIpc) is 2.91. The first-order valence-electron chi connectivity index (χ1n) is 7.59. The second kappa shape index (κ2) is 8.06. The number of hydrogen-bond acceptors (Lipinski definition) is 6. The molecule has 3 N–H and O–H groups in total. The number of anilines is 1. The minimum absolute atomic E-state index is 0.0672. The zero-order valence-electron chi connectivity index (χ0n) is 14.0. The van der Waals surface area contributed by atoms with Crippen molar-refractivity contribution < 1.29 is 27.5 Å². The van der Waals surface area contributed by atoms with Crippen molar-refractivity contribution in [3.8, 4) is 11.5 Å². The molecule has 0 saturated carbocycles. The van der Waals surface area contributed by atoms with Crippen LogP contribution in [0.25, 0.3) is 0 Å². The SMILES string of the molecule is COc1ccc(NC(=O)CNC(=O)N[C@@H]2CCS(=O)(=O)C2)cc1OC. The minimum Gasteiger partial charge on any atom is -0.493 e. The van der Waals surface area contributed by atoms with E-state index in [1.54, 1.807) is 18.2 Å². The van der Waals surface area contributed by atoms with Crippen LogP contribution in [0.1, 0.15) is 6.42 Å². The Morgan fingerprint density at radius 2 is 1.92 bits per heavy atom. The summed E-state index contributed by atoms with van der Waals surface area (Å²) >= 11 is 0. The molecule has 0 aliphatic carbocycles. The summed E-state index contributed by atoms with van der Waals surface area (Å²) in [6.07, 6.45) is 0.383. The molecule has 138 valence electrons. The quantitative estimate of drug-likeness (QED) is 0.653. The summed E-state index contributed by atoms with van der Waals surface area (Å²) in [5.74, 6) is 0.565. The summed E-state index contributed by atoms with van der Waals surface area (Å²) < 4.78 is 32.9. The number of urea groups is 1. The number of carbonyl (C=O) groups is 2. The van der Waals surface area contributed by atoms with Gasteiger partial charge in [-0.2, -0.15) is 0 Å². The van der Waals surface area contributed by atoms with Gasteiger partial charge in [-0.05, 0) is 18.6 Å². The van der Waals surface area contributed by atoms with Crippen LogP contribution in [0.3, 0.4) is 0 Å². The number of benzene rings is 1. The molecule has 9 nitrogen and oxygen atoms in total. The summed E-state index contributed by atoms with van der Waals surface area (Å²) in [4.78, 5) is 23.6. The molecule has 1 heterocycles. The number of sulfone groups is 1. The lowest BCUT2D eigenvalue weighted by atomic mass is 10.2. The van der Waals surface area contributed by atoms with E-state index in [4.69, 9.17) is 9.47 Å². The van der Waals surface area contributed by atoms with Crippen molar-refractivity contribution in [1.82, 2.24) is 10.6 Å². The van der Waals surface area contributed by atoms with Crippen molar-refractivity contribution in [3.63, 3.8) is 0 Å². The van der Waals surface area contributed by atoms with Gasteiger partial charge in [-0.3, -0.25) is 4.79 Å². The second-order valence-corrected chi connectivity index (χ2v) is 7.77. The molecule has 3 amide bonds. The average molecular weight is 371 g/mol. The standard InChI is InChI=1S/C15H21N3O6S/c1-23-12-4-3-10(7-13(12)24-2)17-14(19)8-16-15(20)18-11-5-6-25(21,22)9-11/h3-4,7,11H,5-6,8-9H2,1-2H3,(H,17,19)(H2,16,18,20)/t11-/m1/s1. The summed E-state index contributed by atoms with van der Waals surface area (Å²) in [5.41, 5.74) is 0.492. The van der Waals surface area contributed by atoms with Crippen LogP contribution in [0.15, 0.2) is 18.2 Å². The van der Waals surface area contributed by atoms with E-state index < -0.39 is 27.8 Å². The van der Waals surface area contributed by atoms with Crippen LogP contribution in [0.2, 0.25) is 0 Å². The van der Waals surface area contributed by atoms with Crippen molar-refractivity contribution in [3.05, 3.63) is 18.2 Å². The Balaban J connectivity index is 1.79. The molecule has 1 aliphatic heterocycles. The predicted octanol–water partition coefficient (Wildman–Crippen LogP) is 0.129. The lowest BCUT2D eigenvalue weighted by Gasteiger charge is -2.13. The van der Waals surface area contributed by atoms with Gasteiger partial charge in [0.25, 0.3) is 0 Å². The number of hydrogen-bond donors (Lipinski definition) is 3. The Kier molecular flexibility index (Phi) is 6.07. The fourth-order valence-electron chi connectivity index (χ4n) is 2.42. The number of nitrogens with one attached hydrogen (secondary N) is 3. The topological polar surface area (TPSA) is 123 Å². The van der Waals surface area contributed by atoms with E-state index >= 15 is 0 Å². The Labute approximate surface area is 146 Å². The van der Waals surface area contributed by atoms with Gasteiger partial charge in [0.15, 0.2) is 21.3 Å². The lowest BCUT2D eigenvalue weighted by Crippen LogP contribution is -2.45. The third kappa shape index (κ3) is 5.52. The lowest BCUT2D eigenvalue weighted by molar-refractivity contribution is -0.115. The second-order valence-electron chi connectivity index (χ2n) is 5.54. The molecule has 25 heavy (non-hydrogen) atoms. The van der Waals surface area contributed by atoms with Crippen molar-refractivity contribution in [2.45, 2.75) is 12.5 Å². The van der Waals surface area contributed by atoms with E-state index in [1.165, 1.54) is 14.2 Å². The third-order valence-corrected chi connectivity index (χ3v) is 5.41. The van der Waals surface area contributed by atoms with E-state index in [0.29, 0.717) is 23.6 Å². The zero-order valence-corrected chi connectivity index (χ0v) is 14.8. The highest BCUT2D eigenvalue weighted by molar-refractivity contribution is 7.91. The van der Waals surface area contributed by atoms with Crippen LogP contribution in [0, 0.1) is 0 Å². The van der Waals surface area contributed by atoms with E-state index in [2.05, 4.69) is 16.0 Å². The molecule has 1 saturated heterocycles. The summed E-state index contributed by atoms with van der Waals surface area (Å²) in [6, 6.07) is 3.89. The Morgan fingerprint density at radius 1 is 1.20 bits per heavy atom. The van der Waals surface area contributed by atoms with Crippen LogP contribution in [-0.4, -0.2) is 58.7 Å². The molecule has 0 radical (unpaired) electrons. The van der Waals surface area contributed by atoms with Crippen molar-refractivity contribution in [2.75, 3.05) is 37.6 Å². The first-order chi connectivity index (χ1) is 11.8. The van der Waals surface area contributed by atoms with Crippen LogP contribution >= 0.6 is 0 Å². The molecule has 0 unspecified atom stereocenters. The maximum atomic E-state index is 11.9. The fraction of sp³-hybridized carbons (Fsp3) is 0.467. The van der Waals surface area contributed by atoms with Gasteiger partial charge in [-0.1, -0.05) is 0 Å². The molecule has 2 rings (SSSR count). The molecule has 1 aromatic rings. The highest BCUT2D eigenvalue weighted by Crippen LogP contribution is 2.29. The Bertz CT molecular complexity index is 750. The van der Waals surface area contributed by atoms with Crippen LogP contribution in [0.5, 0.6) is 11.5 Å². The minimum atomic E-state index is -3.07. The smallest absolute Gasteiger partial charge is 0.315 e. The highest BCUT2D eigenvalue weighted by Gasteiger charge is 2.28.